The Hall–Kier alpha value is -4.24. The molecular weight excluding hydrogens is 436 g/mol. The van der Waals surface area contributed by atoms with Gasteiger partial charge in [-0.1, -0.05) is 18.2 Å². The number of anilines is 1. The number of ether oxygens (including phenoxy) is 2. The lowest BCUT2D eigenvalue weighted by Crippen LogP contribution is -2.38. The van der Waals surface area contributed by atoms with Gasteiger partial charge in [-0.3, -0.25) is 4.79 Å². The lowest BCUT2D eigenvalue weighted by Gasteiger charge is -2.27. The van der Waals surface area contributed by atoms with E-state index in [1.165, 1.54) is 6.33 Å². The first-order valence-electron chi connectivity index (χ1n) is 10.9. The highest BCUT2D eigenvalue weighted by molar-refractivity contribution is 6.18. The third-order valence-corrected chi connectivity index (χ3v) is 5.70. The smallest absolute Gasteiger partial charge is 0.332 e. The molecule has 2 atom stereocenters. The molecule has 0 spiro atoms. The van der Waals surface area contributed by atoms with Crippen molar-refractivity contribution in [1.82, 2.24) is 15.0 Å². The third kappa shape index (κ3) is 4.46. The fraction of sp³-hybridized carbons (Fsp3) is 0.200. The number of nitrogens with zero attached hydrogens (tertiary/aromatic N) is 2. The van der Waals surface area contributed by atoms with Gasteiger partial charge in [0.25, 0.3) is 0 Å². The minimum atomic E-state index is -0.957. The average Bonchev–Trinajstić information content (AvgIpc) is 3.30. The first-order valence-corrected chi connectivity index (χ1v) is 10.9. The van der Waals surface area contributed by atoms with Crippen LogP contribution in [0, 0.1) is 0 Å². The number of hydrogen-bond acceptors (Lipinski definition) is 7. The van der Waals surface area contributed by atoms with E-state index in [2.05, 4.69) is 20.3 Å². The van der Waals surface area contributed by atoms with E-state index in [4.69, 9.17) is 14.6 Å². The van der Waals surface area contributed by atoms with Crippen molar-refractivity contribution < 1.29 is 24.2 Å². The number of carbonyl (C=O) groups is 2. The molecule has 3 N–H and O–H groups in total. The Kier molecular flexibility index (Phi) is 5.92. The molecule has 2 aromatic carbocycles. The number of benzene rings is 2. The lowest BCUT2D eigenvalue weighted by molar-refractivity contribution is -0.153. The number of aromatic nitrogens is 3. The van der Waals surface area contributed by atoms with E-state index in [1.807, 2.05) is 30.3 Å². The number of hydrogen-bond donors (Lipinski definition) is 3. The van der Waals surface area contributed by atoms with Crippen molar-refractivity contribution in [2.45, 2.75) is 25.0 Å². The van der Waals surface area contributed by atoms with Crippen LogP contribution in [0.25, 0.3) is 11.0 Å². The second-order valence-corrected chi connectivity index (χ2v) is 8.00. The van der Waals surface area contributed by atoms with Crippen molar-refractivity contribution in [3.8, 4) is 11.5 Å². The maximum absolute atomic E-state index is 13.3. The fourth-order valence-corrected chi connectivity index (χ4v) is 3.96. The Morgan fingerprint density at radius 2 is 1.79 bits per heavy atom. The van der Waals surface area contributed by atoms with Crippen LogP contribution in [0.2, 0.25) is 0 Å². The van der Waals surface area contributed by atoms with Crippen LogP contribution in [0.1, 0.15) is 28.8 Å². The van der Waals surface area contributed by atoms with Crippen molar-refractivity contribution in [3.05, 3.63) is 78.2 Å². The number of fused-ring (bicyclic) bond motifs is 1. The van der Waals surface area contributed by atoms with E-state index in [0.717, 1.165) is 0 Å². The van der Waals surface area contributed by atoms with Gasteiger partial charge < -0.3 is 24.9 Å². The molecule has 34 heavy (non-hydrogen) atoms. The van der Waals surface area contributed by atoms with E-state index in [0.29, 0.717) is 52.3 Å². The van der Waals surface area contributed by atoms with Crippen molar-refractivity contribution >= 4 is 28.6 Å². The second kappa shape index (κ2) is 9.32. The molecule has 172 valence electrons. The number of aromatic amines is 1. The highest BCUT2D eigenvalue weighted by atomic mass is 16.5. The topological polar surface area (TPSA) is 126 Å². The minimum absolute atomic E-state index is 0.124. The first kappa shape index (κ1) is 21.6. The van der Waals surface area contributed by atoms with Crippen LogP contribution < -0.4 is 10.1 Å². The number of rotatable bonds is 7. The summed E-state index contributed by atoms with van der Waals surface area (Å²) < 4.78 is 11.2. The molecule has 5 rings (SSSR count). The maximum Gasteiger partial charge on any atom is 0.332 e. The molecule has 4 aromatic rings. The van der Waals surface area contributed by atoms with E-state index in [9.17, 15) is 9.59 Å². The quantitative estimate of drug-likeness (QED) is 0.355. The molecule has 2 aromatic heterocycles. The summed E-state index contributed by atoms with van der Waals surface area (Å²) in [5, 5.41) is 13.0. The van der Waals surface area contributed by atoms with Crippen LogP contribution >= 0.6 is 0 Å². The molecule has 0 unspecified atom stereocenters. The molecule has 0 bridgehead atoms. The summed E-state index contributed by atoms with van der Waals surface area (Å²) in [5.41, 5.74) is 1.47. The number of nitrogens with one attached hydrogen (secondary N) is 2. The van der Waals surface area contributed by atoms with Crippen LogP contribution in [0.4, 0.5) is 5.82 Å². The molecule has 1 aliphatic heterocycles. The third-order valence-electron chi connectivity index (χ3n) is 5.70. The number of aliphatic carboxylic acids is 1. The summed E-state index contributed by atoms with van der Waals surface area (Å²) in [4.78, 5) is 36.0. The normalized spacial score (nSPS) is 17.9. The molecular formula is C25H22N4O5. The van der Waals surface area contributed by atoms with E-state index in [1.54, 1.807) is 30.5 Å². The Labute approximate surface area is 194 Å². The molecule has 3 heterocycles. The van der Waals surface area contributed by atoms with Gasteiger partial charge in [0.05, 0.1) is 23.6 Å². The van der Waals surface area contributed by atoms with Crippen LogP contribution in [0.3, 0.4) is 0 Å². The first-order chi connectivity index (χ1) is 16.6. The number of H-pyrrole nitrogens is 1. The molecule has 1 aliphatic rings. The highest BCUT2D eigenvalue weighted by Gasteiger charge is 2.28. The van der Waals surface area contributed by atoms with Crippen molar-refractivity contribution in [1.29, 1.82) is 0 Å². The second-order valence-electron chi connectivity index (χ2n) is 8.00. The summed E-state index contributed by atoms with van der Waals surface area (Å²) in [6.45, 7) is 0.235. The van der Waals surface area contributed by atoms with Gasteiger partial charge in [0.2, 0.25) is 0 Å². The SMILES string of the molecule is O=C(c1ccc(Oc2ccccc2)cc1)c1c[nH]c2ncnc(N[C@@H]3CC[C@@H](C(=O)O)OC3)c12. The summed E-state index contributed by atoms with van der Waals surface area (Å²) in [7, 11) is 0. The van der Waals surface area contributed by atoms with Crippen LogP contribution in [-0.2, 0) is 9.53 Å². The largest absolute Gasteiger partial charge is 0.479 e. The monoisotopic (exact) mass is 458 g/mol. The van der Waals surface area contributed by atoms with Gasteiger partial charge in [0.15, 0.2) is 11.9 Å². The predicted molar refractivity (Wildman–Crippen MR) is 124 cm³/mol. The van der Waals surface area contributed by atoms with Crippen LogP contribution in [-0.4, -0.2) is 50.6 Å². The van der Waals surface area contributed by atoms with Gasteiger partial charge in [-0.25, -0.2) is 14.8 Å². The number of para-hydroxylation sites is 1. The number of carboxylic acid groups (broad SMARTS) is 1. The Morgan fingerprint density at radius 1 is 1.03 bits per heavy atom. The Balaban J connectivity index is 1.35. The van der Waals surface area contributed by atoms with E-state index < -0.39 is 12.1 Å². The number of carboxylic acids is 1. The zero-order valence-corrected chi connectivity index (χ0v) is 18.1. The Morgan fingerprint density at radius 3 is 2.50 bits per heavy atom. The summed E-state index contributed by atoms with van der Waals surface area (Å²) in [6, 6.07) is 16.2. The predicted octanol–water partition coefficient (Wildman–Crippen LogP) is 4.03. The standard InChI is InChI=1S/C25H22N4O5/c30-22(15-6-9-18(10-7-15)34-17-4-2-1-3-5-17)19-12-26-23-21(19)24(28-14-27-23)29-16-8-11-20(25(31)32)33-13-16/h1-7,9-10,12,14,16,20H,8,11,13H2,(H,31,32)(H2,26,27,28,29)/t16-,20+/m1/s1. The maximum atomic E-state index is 13.3. The van der Waals surface area contributed by atoms with Crippen LogP contribution in [0.5, 0.6) is 11.5 Å². The molecule has 0 aliphatic carbocycles. The number of carbonyl (C=O) groups excluding carboxylic acids is 1. The lowest BCUT2D eigenvalue weighted by atomic mass is 10.0. The summed E-state index contributed by atoms with van der Waals surface area (Å²) in [6.07, 6.45) is 3.26. The van der Waals surface area contributed by atoms with Crippen molar-refractivity contribution in [2.75, 3.05) is 11.9 Å². The van der Waals surface area contributed by atoms with Crippen molar-refractivity contribution in [2.24, 2.45) is 0 Å². The molecule has 9 nitrogen and oxygen atoms in total. The van der Waals surface area contributed by atoms with E-state index >= 15 is 0 Å². The molecule has 1 saturated heterocycles. The van der Waals surface area contributed by atoms with Gasteiger partial charge in [0.1, 0.15) is 29.3 Å². The van der Waals surface area contributed by atoms with Crippen LogP contribution in [0.15, 0.2) is 67.1 Å². The summed E-state index contributed by atoms with van der Waals surface area (Å²) in [5.74, 6) is 0.709. The molecule has 0 saturated carbocycles. The van der Waals surface area contributed by atoms with Gasteiger partial charge in [-0.2, -0.15) is 0 Å². The Bertz CT molecular complexity index is 1310. The molecule has 1 fully saturated rings. The highest BCUT2D eigenvalue weighted by Crippen LogP contribution is 2.28. The molecule has 0 amide bonds. The zero-order chi connectivity index (χ0) is 23.5. The average molecular weight is 458 g/mol. The van der Waals surface area contributed by atoms with Gasteiger partial charge in [-0.15, -0.1) is 0 Å². The molecule has 9 heteroatoms. The van der Waals surface area contributed by atoms with Crippen molar-refractivity contribution in [3.63, 3.8) is 0 Å². The van der Waals surface area contributed by atoms with Gasteiger partial charge in [0, 0.05) is 11.8 Å². The fourth-order valence-electron chi connectivity index (χ4n) is 3.96. The number of ketones is 1. The summed E-state index contributed by atoms with van der Waals surface area (Å²) >= 11 is 0. The minimum Gasteiger partial charge on any atom is -0.479 e. The van der Waals surface area contributed by atoms with Gasteiger partial charge >= 0.3 is 5.97 Å². The molecule has 0 radical (unpaired) electrons. The van der Waals surface area contributed by atoms with E-state index in [-0.39, 0.29) is 18.4 Å². The zero-order valence-electron chi connectivity index (χ0n) is 18.1. The van der Waals surface area contributed by atoms with Gasteiger partial charge in [-0.05, 0) is 49.2 Å².